The van der Waals surface area contributed by atoms with Crippen molar-refractivity contribution >= 4 is 28.9 Å². The number of hydrogen-bond donors (Lipinski definition) is 2. The average molecular weight is 440 g/mol. The molecule has 0 aromatic heterocycles. The lowest BCUT2D eigenvalue weighted by molar-refractivity contribution is 0.0734. The van der Waals surface area contributed by atoms with Crippen molar-refractivity contribution < 1.29 is 24.2 Å². The molecule has 0 spiro atoms. The van der Waals surface area contributed by atoms with Gasteiger partial charge in [0.05, 0.1) is 24.5 Å². The van der Waals surface area contributed by atoms with Gasteiger partial charge in [-0.2, -0.15) is 5.10 Å². The van der Waals surface area contributed by atoms with Gasteiger partial charge in [-0.25, -0.2) is 10.2 Å². The molecule has 0 fully saturated rings. The van der Waals surface area contributed by atoms with Crippen LogP contribution in [0.3, 0.4) is 0 Å². The van der Waals surface area contributed by atoms with E-state index in [1.165, 1.54) is 12.3 Å². The molecule has 4 rings (SSSR count). The average Bonchev–Trinajstić information content (AvgIpc) is 2.83. The molecule has 164 valence electrons. The number of methoxy groups -OCH3 is 1. The molecular formula is C26H20N2O5. The van der Waals surface area contributed by atoms with Gasteiger partial charge in [-0.05, 0) is 64.9 Å². The molecule has 7 heteroatoms. The summed E-state index contributed by atoms with van der Waals surface area (Å²) in [7, 11) is 1.55. The number of carbonyl (C=O) groups excluding carboxylic acids is 2. The molecule has 7 nitrogen and oxygen atoms in total. The standard InChI is InChI=1S/C26H20N2O5/c1-32-21-11-9-18(10-12-21)26(31)33-22-8-4-5-17(13-22)16-27-28-25(30)23-14-19-6-2-3-7-20(19)15-24(23)29/h2-16,29H,1H3,(H,28,30). The second kappa shape index (κ2) is 9.65. The first-order valence-corrected chi connectivity index (χ1v) is 10.0. The summed E-state index contributed by atoms with van der Waals surface area (Å²) in [5, 5.41) is 15.8. The Morgan fingerprint density at radius 2 is 1.61 bits per heavy atom. The third-order valence-corrected chi connectivity index (χ3v) is 4.88. The summed E-state index contributed by atoms with van der Waals surface area (Å²) in [5.74, 6) is -0.209. The predicted octanol–water partition coefficient (Wildman–Crippen LogP) is 4.54. The van der Waals surface area contributed by atoms with Crippen LogP contribution in [0.2, 0.25) is 0 Å². The summed E-state index contributed by atoms with van der Waals surface area (Å²) in [6, 6.07) is 23.8. The third-order valence-electron chi connectivity index (χ3n) is 4.88. The van der Waals surface area contributed by atoms with Crippen LogP contribution < -0.4 is 14.9 Å². The minimum Gasteiger partial charge on any atom is -0.507 e. The van der Waals surface area contributed by atoms with Crippen molar-refractivity contribution in [2.24, 2.45) is 5.10 Å². The number of benzene rings is 4. The molecule has 0 saturated carbocycles. The van der Waals surface area contributed by atoms with E-state index in [1.807, 2.05) is 24.3 Å². The Bertz CT molecular complexity index is 1350. The van der Waals surface area contributed by atoms with E-state index >= 15 is 0 Å². The molecule has 0 radical (unpaired) electrons. The molecule has 0 heterocycles. The third kappa shape index (κ3) is 5.16. The first-order valence-electron chi connectivity index (χ1n) is 10.0. The largest absolute Gasteiger partial charge is 0.507 e. The molecule has 0 bridgehead atoms. The number of ether oxygens (including phenoxy) is 2. The summed E-state index contributed by atoms with van der Waals surface area (Å²) in [4.78, 5) is 24.8. The number of esters is 1. The van der Waals surface area contributed by atoms with E-state index in [-0.39, 0.29) is 11.3 Å². The highest BCUT2D eigenvalue weighted by Gasteiger charge is 2.12. The topological polar surface area (TPSA) is 97.2 Å². The minimum atomic E-state index is -0.545. The van der Waals surface area contributed by atoms with Gasteiger partial charge >= 0.3 is 5.97 Å². The van der Waals surface area contributed by atoms with Crippen LogP contribution in [0.1, 0.15) is 26.3 Å². The number of amides is 1. The van der Waals surface area contributed by atoms with Crippen LogP contribution in [0.25, 0.3) is 10.8 Å². The monoisotopic (exact) mass is 440 g/mol. The zero-order valence-electron chi connectivity index (χ0n) is 17.7. The van der Waals surface area contributed by atoms with Gasteiger partial charge in [-0.1, -0.05) is 36.4 Å². The Morgan fingerprint density at radius 1 is 0.879 bits per heavy atom. The van der Waals surface area contributed by atoms with Crippen molar-refractivity contribution in [2.45, 2.75) is 0 Å². The fourth-order valence-electron chi connectivity index (χ4n) is 3.19. The molecule has 2 N–H and O–H groups in total. The van der Waals surface area contributed by atoms with Crippen LogP contribution in [0, 0.1) is 0 Å². The molecule has 4 aromatic carbocycles. The van der Waals surface area contributed by atoms with Crippen molar-refractivity contribution in [3.8, 4) is 17.2 Å². The normalized spacial score (nSPS) is 10.8. The molecule has 0 aliphatic rings. The van der Waals surface area contributed by atoms with E-state index in [0.717, 1.165) is 10.8 Å². The smallest absolute Gasteiger partial charge is 0.343 e. The van der Waals surface area contributed by atoms with Crippen molar-refractivity contribution in [3.05, 3.63) is 102 Å². The number of rotatable bonds is 6. The molecule has 0 aliphatic carbocycles. The molecular weight excluding hydrogens is 420 g/mol. The fraction of sp³-hybridized carbons (Fsp3) is 0.0385. The Balaban J connectivity index is 1.41. The maximum atomic E-state index is 12.5. The van der Waals surface area contributed by atoms with Crippen molar-refractivity contribution in [1.82, 2.24) is 5.43 Å². The molecule has 1 amide bonds. The van der Waals surface area contributed by atoms with Crippen molar-refractivity contribution in [1.29, 1.82) is 0 Å². The lowest BCUT2D eigenvalue weighted by Crippen LogP contribution is -2.17. The SMILES string of the molecule is COc1ccc(C(=O)Oc2cccc(C=NNC(=O)c3cc4ccccc4cc3O)c2)cc1. The van der Waals surface area contributed by atoms with Crippen LogP contribution >= 0.6 is 0 Å². The molecule has 0 atom stereocenters. The van der Waals surface area contributed by atoms with Gasteiger partial charge in [0.1, 0.15) is 17.2 Å². The van der Waals surface area contributed by atoms with E-state index in [2.05, 4.69) is 10.5 Å². The van der Waals surface area contributed by atoms with Gasteiger partial charge in [0.15, 0.2) is 0 Å². The van der Waals surface area contributed by atoms with Crippen LogP contribution in [0.5, 0.6) is 17.2 Å². The second-order valence-electron chi connectivity index (χ2n) is 7.11. The number of carbonyl (C=O) groups is 2. The second-order valence-corrected chi connectivity index (χ2v) is 7.11. The highest BCUT2D eigenvalue weighted by atomic mass is 16.5. The predicted molar refractivity (Wildman–Crippen MR) is 125 cm³/mol. The highest BCUT2D eigenvalue weighted by molar-refractivity contribution is 6.01. The van der Waals surface area contributed by atoms with Crippen LogP contribution in [0.4, 0.5) is 0 Å². The van der Waals surface area contributed by atoms with Crippen LogP contribution in [-0.4, -0.2) is 30.3 Å². The highest BCUT2D eigenvalue weighted by Crippen LogP contribution is 2.25. The first kappa shape index (κ1) is 21.6. The van der Waals surface area contributed by atoms with E-state index < -0.39 is 11.9 Å². The maximum Gasteiger partial charge on any atom is 0.343 e. The summed E-state index contributed by atoms with van der Waals surface area (Å²) in [6.07, 6.45) is 1.42. The van der Waals surface area contributed by atoms with Crippen molar-refractivity contribution in [2.75, 3.05) is 7.11 Å². The van der Waals surface area contributed by atoms with E-state index in [9.17, 15) is 14.7 Å². The van der Waals surface area contributed by atoms with Gasteiger partial charge in [-0.3, -0.25) is 4.79 Å². The number of hydrogen-bond acceptors (Lipinski definition) is 6. The number of phenols is 1. The van der Waals surface area contributed by atoms with Crippen LogP contribution in [-0.2, 0) is 0 Å². The lowest BCUT2D eigenvalue weighted by atomic mass is 10.1. The molecule has 0 unspecified atom stereocenters. The van der Waals surface area contributed by atoms with Crippen LogP contribution in [0.15, 0.2) is 90.0 Å². The maximum absolute atomic E-state index is 12.5. The Morgan fingerprint density at radius 3 is 2.33 bits per heavy atom. The molecule has 0 saturated heterocycles. The zero-order chi connectivity index (χ0) is 23.2. The van der Waals surface area contributed by atoms with Gasteiger partial charge in [0.2, 0.25) is 0 Å². The number of fused-ring (bicyclic) bond motifs is 1. The molecule has 33 heavy (non-hydrogen) atoms. The number of phenolic OH excluding ortho intramolecular Hbond substituents is 1. The number of nitrogens with one attached hydrogen (secondary N) is 1. The number of aromatic hydroxyl groups is 1. The molecule has 4 aromatic rings. The number of hydrazone groups is 1. The number of nitrogens with zero attached hydrogens (tertiary/aromatic N) is 1. The summed E-state index contributed by atoms with van der Waals surface area (Å²) >= 11 is 0. The quantitative estimate of drug-likeness (QED) is 0.199. The van der Waals surface area contributed by atoms with Crippen molar-refractivity contribution in [3.63, 3.8) is 0 Å². The Labute approximate surface area is 189 Å². The van der Waals surface area contributed by atoms with E-state index in [0.29, 0.717) is 22.6 Å². The van der Waals surface area contributed by atoms with Gasteiger partial charge in [0.25, 0.3) is 5.91 Å². The summed E-state index contributed by atoms with van der Waals surface area (Å²) in [6.45, 7) is 0. The summed E-state index contributed by atoms with van der Waals surface area (Å²) in [5.41, 5.74) is 3.52. The fourth-order valence-corrected chi connectivity index (χ4v) is 3.19. The van der Waals surface area contributed by atoms with E-state index in [1.54, 1.807) is 61.7 Å². The van der Waals surface area contributed by atoms with Gasteiger partial charge < -0.3 is 14.6 Å². The lowest BCUT2D eigenvalue weighted by Gasteiger charge is -2.06. The van der Waals surface area contributed by atoms with E-state index in [4.69, 9.17) is 9.47 Å². The Hall–Kier alpha value is -4.65. The van der Waals surface area contributed by atoms with Gasteiger partial charge in [0, 0.05) is 0 Å². The van der Waals surface area contributed by atoms with Gasteiger partial charge in [-0.15, -0.1) is 0 Å². The summed E-state index contributed by atoms with van der Waals surface area (Å²) < 4.78 is 10.5. The first-order chi connectivity index (χ1) is 16.0. The minimum absolute atomic E-state index is 0.119. The molecule has 0 aliphatic heterocycles. The Kier molecular flexibility index (Phi) is 6.31. The zero-order valence-corrected chi connectivity index (χ0v) is 17.7.